The van der Waals surface area contributed by atoms with Crippen LogP contribution >= 0.6 is 22.6 Å². The first kappa shape index (κ1) is 15.6. The number of alkyl halides is 1. The molecule has 0 heterocycles. The van der Waals surface area contributed by atoms with Gasteiger partial charge in [0.2, 0.25) is 0 Å². The van der Waals surface area contributed by atoms with Gasteiger partial charge in [-0.15, -0.1) is 0 Å². The number of rotatable bonds is 4. The van der Waals surface area contributed by atoms with Crippen LogP contribution in [-0.2, 0) is 6.67 Å². The van der Waals surface area contributed by atoms with Crippen LogP contribution in [0.2, 0.25) is 0 Å². The molecular formula is C16H13FINO2. The van der Waals surface area contributed by atoms with Gasteiger partial charge in [-0.05, 0) is 71.0 Å². The lowest BCUT2D eigenvalue weighted by molar-refractivity contribution is 0.102. The van der Waals surface area contributed by atoms with Crippen molar-refractivity contribution in [1.29, 1.82) is 0 Å². The smallest absolute Gasteiger partial charge is 0.255 e. The molecule has 0 atom stereocenters. The summed E-state index contributed by atoms with van der Waals surface area (Å²) in [6.45, 7) is 1.22. The Morgan fingerprint density at radius 3 is 2.67 bits per heavy atom. The Bertz CT molecular complexity index is 701. The summed E-state index contributed by atoms with van der Waals surface area (Å²) in [5.74, 6) is -0.267. The molecule has 5 heteroatoms. The van der Waals surface area contributed by atoms with Crippen molar-refractivity contribution < 1.29 is 14.0 Å². The average molecular weight is 397 g/mol. The number of halogens is 2. The molecule has 0 saturated carbocycles. The van der Waals surface area contributed by atoms with E-state index in [1.807, 2.05) is 13.0 Å². The summed E-state index contributed by atoms with van der Waals surface area (Å²) in [7, 11) is 0. The molecule has 0 aromatic heterocycles. The van der Waals surface area contributed by atoms with Gasteiger partial charge in [-0.1, -0.05) is 6.07 Å². The van der Waals surface area contributed by atoms with Crippen molar-refractivity contribution >= 4 is 40.5 Å². The van der Waals surface area contributed by atoms with E-state index in [4.69, 9.17) is 0 Å². The van der Waals surface area contributed by atoms with Gasteiger partial charge in [-0.3, -0.25) is 9.59 Å². The summed E-state index contributed by atoms with van der Waals surface area (Å²) < 4.78 is 13.8. The van der Waals surface area contributed by atoms with E-state index in [-0.39, 0.29) is 11.5 Å². The Kier molecular flexibility index (Phi) is 5.06. The second-order valence-electron chi connectivity index (χ2n) is 4.58. The highest BCUT2D eigenvalue weighted by Gasteiger charge is 2.09. The van der Waals surface area contributed by atoms with Gasteiger partial charge < -0.3 is 5.32 Å². The van der Waals surface area contributed by atoms with Crippen molar-refractivity contribution in [1.82, 2.24) is 0 Å². The zero-order valence-corrected chi connectivity index (χ0v) is 13.5. The normalized spacial score (nSPS) is 10.2. The summed E-state index contributed by atoms with van der Waals surface area (Å²) >= 11 is 2.17. The van der Waals surface area contributed by atoms with Gasteiger partial charge in [0.1, 0.15) is 13.0 Å². The van der Waals surface area contributed by atoms with Crippen molar-refractivity contribution in [3.05, 3.63) is 62.2 Å². The third-order valence-electron chi connectivity index (χ3n) is 3.11. The number of anilines is 1. The summed E-state index contributed by atoms with van der Waals surface area (Å²) in [6.07, 6.45) is 0.600. The van der Waals surface area contributed by atoms with E-state index in [9.17, 15) is 14.0 Å². The molecule has 3 nitrogen and oxygen atoms in total. The fraction of sp³-hybridized carbons (Fsp3) is 0.125. The first-order chi connectivity index (χ1) is 10.0. The second kappa shape index (κ2) is 6.80. The maximum absolute atomic E-state index is 12.8. The van der Waals surface area contributed by atoms with E-state index >= 15 is 0 Å². The van der Waals surface area contributed by atoms with Gasteiger partial charge in [-0.2, -0.15) is 0 Å². The zero-order chi connectivity index (χ0) is 15.4. The Morgan fingerprint density at radius 1 is 1.29 bits per heavy atom. The van der Waals surface area contributed by atoms with E-state index in [0.29, 0.717) is 23.1 Å². The molecule has 0 unspecified atom stereocenters. The molecule has 2 aromatic carbocycles. The zero-order valence-electron chi connectivity index (χ0n) is 11.3. The van der Waals surface area contributed by atoms with E-state index in [0.717, 1.165) is 9.13 Å². The van der Waals surface area contributed by atoms with Crippen LogP contribution in [0.4, 0.5) is 10.1 Å². The molecule has 0 fully saturated rings. The number of aldehydes is 1. The standard InChI is InChI=1S/C16H13FINO2/c1-10-2-3-11(7-15(10)18)16(21)19-14-5-4-12(9-20)13(6-14)8-17/h2-7,9H,8H2,1H3,(H,19,21). The molecule has 2 rings (SSSR count). The van der Waals surface area contributed by atoms with Gasteiger partial charge >= 0.3 is 0 Å². The van der Waals surface area contributed by atoms with Crippen LogP contribution in [0.5, 0.6) is 0 Å². The van der Waals surface area contributed by atoms with Crippen molar-refractivity contribution in [2.75, 3.05) is 5.32 Å². The molecule has 108 valence electrons. The van der Waals surface area contributed by atoms with Crippen molar-refractivity contribution in [3.63, 3.8) is 0 Å². The van der Waals surface area contributed by atoms with Crippen LogP contribution in [0.15, 0.2) is 36.4 Å². The number of benzene rings is 2. The molecule has 21 heavy (non-hydrogen) atoms. The summed E-state index contributed by atoms with van der Waals surface area (Å²) in [5, 5.41) is 2.71. The predicted octanol–water partition coefficient (Wildman–Crippen LogP) is 4.13. The number of hydrogen-bond acceptors (Lipinski definition) is 2. The minimum absolute atomic E-state index is 0.265. The van der Waals surface area contributed by atoms with E-state index in [2.05, 4.69) is 27.9 Å². The van der Waals surface area contributed by atoms with Crippen molar-refractivity contribution in [3.8, 4) is 0 Å². The van der Waals surface area contributed by atoms with Crippen LogP contribution in [0.1, 0.15) is 31.8 Å². The fourth-order valence-corrected chi connectivity index (χ4v) is 2.37. The summed E-state index contributed by atoms with van der Waals surface area (Å²) in [6, 6.07) is 9.96. The third-order valence-corrected chi connectivity index (χ3v) is 4.27. The minimum atomic E-state index is -0.750. The average Bonchev–Trinajstić information content (AvgIpc) is 2.49. The van der Waals surface area contributed by atoms with Crippen LogP contribution in [0.3, 0.4) is 0 Å². The number of hydrogen-bond donors (Lipinski definition) is 1. The molecule has 0 aliphatic carbocycles. The second-order valence-corrected chi connectivity index (χ2v) is 5.75. The van der Waals surface area contributed by atoms with Crippen LogP contribution in [0, 0.1) is 10.5 Å². The lowest BCUT2D eigenvalue weighted by Crippen LogP contribution is -2.12. The van der Waals surface area contributed by atoms with Gasteiger partial charge in [0.05, 0.1) is 0 Å². The highest BCUT2D eigenvalue weighted by molar-refractivity contribution is 14.1. The van der Waals surface area contributed by atoms with Gasteiger partial charge in [0.25, 0.3) is 5.91 Å². The highest BCUT2D eigenvalue weighted by atomic mass is 127. The largest absolute Gasteiger partial charge is 0.322 e. The Hall–Kier alpha value is -1.76. The Labute approximate surface area is 135 Å². The molecular weight excluding hydrogens is 384 g/mol. The maximum atomic E-state index is 12.8. The molecule has 2 aromatic rings. The number of amides is 1. The molecule has 0 saturated heterocycles. The SMILES string of the molecule is Cc1ccc(C(=O)Nc2ccc(C=O)c(CF)c2)cc1I. The molecule has 1 amide bonds. The molecule has 0 aliphatic rings. The number of aryl methyl sites for hydroxylation is 1. The van der Waals surface area contributed by atoms with Crippen molar-refractivity contribution in [2.45, 2.75) is 13.6 Å². The van der Waals surface area contributed by atoms with E-state index in [1.54, 1.807) is 18.2 Å². The highest BCUT2D eigenvalue weighted by Crippen LogP contribution is 2.18. The quantitative estimate of drug-likeness (QED) is 0.623. The lowest BCUT2D eigenvalue weighted by atomic mass is 10.1. The van der Waals surface area contributed by atoms with Crippen molar-refractivity contribution in [2.24, 2.45) is 0 Å². The third kappa shape index (κ3) is 3.66. The summed E-state index contributed by atoms with van der Waals surface area (Å²) in [5.41, 5.74) is 2.66. The number of nitrogens with one attached hydrogen (secondary N) is 1. The Morgan fingerprint density at radius 2 is 2.05 bits per heavy atom. The molecule has 0 radical (unpaired) electrons. The number of carbonyl (C=O) groups is 2. The van der Waals surface area contributed by atoms with Gasteiger partial charge in [0.15, 0.2) is 0 Å². The first-order valence-corrected chi connectivity index (χ1v) is 7.34. The lowest BCUT2D eigenvalue weighted by Gasteiger charge is -2.09. The maximum Gasteiger partial charge on any atom is 0.255 e. The fourth-order valence-electron chi connectivity index (χ4n) is 1.85. The van der Waals surface area contributed by atoms with E-state index in [1.165, 1.54) is 12.1 Å². The van der Waals surface area contributed by atoms with Crippen LogP contribution in [0.25, 0.3) is 0 Å². The number of carbonyl (C=O) groups excluding carboxylic acids is 2. The van der Waals surface area contributed by atoms with E-state index < -0.39 is 6.67 Å². The van der Waals surface area contributed by atoms with Crippen LogP contribution < -0.4 is 5.32 Å². The Balaban J connectivity index is 2.23. The molecule has 0 spiro atoms. The molecule has 1 N–H and O–H groups in total. The molecule has 0 aliphatic heterocycles. The predicted molar refractivity (Wildman–Crippen MR) is 88.5 cm³/mol. The van der Waals surface area contributed by atoms with Gasteiger partial charge in [0, 0.05) is 20.4 Å². The topological polar surface area (TPSA) is 46.2 Å². The summed E-state index contributed by atoms with van der Waals surface area (Å²) in [4.78, 5) is 22.9. The monoisotopic (exact) mass is 397 g/mol. The first-order valence-electron chi connectivity index (χ1n) is 6.26. The minimum Gasteiger partial charge on any atom is -0.322 e. The van der Waals surface area contributed by atoms with Gasteiger partial charge in [-0.25, -0.2) is 4.39 Å². The van der Waals surface area contributed by atoms with Crippen LogP contribution in [-0.4, -0.2) is 12.2 Å². The molecule has 0 bridgehead atoms.